The van der Waals surface area contributed by atoms with E-state index in [1.807, 2.05) is 0 Å². The number of ether oxygens (including phenoxy) is 1. The molecular formula is C10H10ClN3O2. The van der Waals surface area contributed by atoms with E-state index >= 15 is 0 Å². The minimum absolute atomic E-state index is 0.241. The maximum Gasteiger partial charge on any atom is 0.213 e. The van der Waals surface area contributed by atoms with Gasteiger partial charge in [0, 0.05) is 17.1 Å². The van der Waals surface area contributed by atoms with E-state index in [0.717, 1.165) is 5.56 Å². The molecule has 0 spiro atoms. The highest BCUT2D eigenvalue weighted by atomic mass is 35.5. The van der Waals surface area contributed by atoms with Gasteiger partial charge in [-0.1, -0.05) is 16.8 Å². The second-order valence-corrected chi connectivity index (χ2v) is 3.53. The topological polar surface area (TPSA) is 74.2 Å². The van der Waals surface area contributed by atoms with Gasteiger partial charge >= 0.3 is 0 Å². The maximum atomic E-state index is 5.84. The molecule has 0 atom stereocenters. The second-order valence-electron chi connectivity index (χ2n) is 3.09. The molecule has 0 bridgehead atoms. The van der Waals surface area contributed by atoms with Crippen LogP contribution in [0.5, 0.6) is 5.75 Å². The van der Waals surface area contributed by atoms with Crippen LogP contribution >= 0.6 is 11.6 Å². The van der Waals surface area contributed by atoms with Gasteiger partial charge in [0.15, 0.2) is 6.61 Å². The van der Waals surface area contributed by atoms with Crippen molar-refractivity contribution in [2.24, 2.45) is 5.73 Å². The van der Waals surface area contributed by atoms with Gasteiger partial charge in [0.05, 0.1) is 0 Å². The van der Waals surface area contributed by atoms with Gasteiger partial charge in [-0.05, 0) is 18.2 Å². The first-order valence-corrected chi connectivity index (χ1v) is 5.04. The zero-order valence-corrected chi connectivity index (χ0v) is 9.15. The number of hydrogen-bond acceptors (Lipinski definition) is 5. The lowest BCUT2D eigenvalue weighted by Crippen LogP contribution is -2.03. The third kappa shape index (κ3) is 2.50. The quantitative estimate of drug-likeness (QED) is 0.880. The van der Waals surface area contributed by atoms with Crippen molar-refractivity contribution in [1.82, 2.24) is 10.1 Å². The van der Waals surface area contributed by atoms with Crippen LogP contribution in [0.25, 0.3) is 0 Å². The van der Waals surface area contributed by atoms with Crippen LogP contribution in [-0.4, -0.2) is 10.1 Å². The van der Waals surface area contributed by atoms with Crippen LogP contribution in [0.2, 0.25) is 5.02 Å². The number of aromatic nitrogens is 2. The van der Waals surface area contributed by atoms with Crippen LogP contribution < -0.4 is 10.5 Å². The summed E-state index contributed by atoms with van der Waals surface area (Å²) in [5.41, 5.74) is 6.42. The number of hydrogen-bond donors (Lipinski definition) is 1. The van der Waals surface area contributed by atoms with Crippen LogP contribution in [-0.2, 0) is 13.2 Å². The van der Waals surface area contributed by atoms with Crippen molar-refractivity contribution in [3.63, 3.8) is 0 Å². The van der Waals surface area contributed by atoms with Crippen molar-refractivity contribution >= 4 is 11.6 Å². The molecule has 6 heteroatoms. The fourth-order valence-electron chi connectivity index (χ4n) is 1.25. The summed E-state index contributed by atoms with van der Waals surface area (Å²) < 4.78 is 10.1. The van der Waals surface area contributed by atoms with Crippen molar-refractivity contribution in [2.45, 2.75) is 13.2 Å². The Labute approximate surface area is 97.2 Å². The maximum absolute atomic E-state index is 5.84. The highest BCUT2D eigenvalue weighted by Gasteiger charge is 2.05. The average molecular weight is 240 g/mol. The summed E-state index contributed by atoms with van der Waals surface area (Å²) in [5, 5.41) is 4.27. The molecule has 0 unspecified atom stereocenters. The Bertz CT molecular complexity index is 459. The molecule has 16 heavy (non-hydrogen) atoms. The number of halogens is 1. The molecule has 0 aliphatic rings. The van der Waals surface area contributed by atoms with Crippen molar-refractivity contribution in [3.8, 4) is 5.75 Å². The molecule has 2 rings (SSSR count). The molecule has 1 aromatic carbocycles. The van der Waals surface area contributed by atoms with Crippen molar-refractivity contribution in [2.75, 3.05) is 0 Å². The minimum atomic E-state index is 0.241. The molecule has 0 amide bonds. The molecule has 2 N–H and O–H groups in total. The standard InChI is InChI=1S/C10H10ClN3O2/c11-8-1-2-9(7(3-8)4-12)15-5-10-13-6-16-14-10/h1-3,6H,4-5,12H2. The van der Waals surface area contributed by atoms with E-state index in [4.69, 9.17) is 22.1 Å². The third-order valence-electron chi connectivity index (χ3n) is 2.01. The molecule has 1 heterocycles. The Morgan fingerprint density at radius 1 is 1.44 bits per heavy atom. The van der Waals surface area contributed by atoms with Gasteiger partial charge in [0.25, 0.3) is 0 Å². The summed E-state index contributed by atoms with van der Waals surface area (Å²) >= 11 is 5.84. The van der Waals surface area contributed by atoms with Crippen molar-refractivity contribution < 1.29 is 9.26 Å². The molecule has 0 fully saturated rings. The molecule has 84 valence electrons. The first-order valence-electron chi connectivity index (χ1n) is 4.66. The zero-order chi connectivity index (χ0) is 11.4. The van der Waals surface area contributed by atoms with E-state index < -0.39 is 0 Å². The number of nitrogens with zero attached hydrogens (tertiary/aromatic N) is 2. The van der Waals surface area contributed by atoms with E-state index in [1.54, 1.807) is 18.2 Å². The number of rotatable bonds is 4. The van der Waals surface area contributed by atoms with Crippen LogP contribution in [0, 0.1) is 0 Å². The van der Waals surface area contributed by atoms with E-state index in [9.17, 15) is 0 Å². The molecule has 0 aliphatic heterocycles. The monoisotopic (exact) mass is 239 g/mol. The molecule has 1 aromatic heterocycles. The van der Waals surface area contributed by atoms with Crippen LogP contribution in [0.4, 0.5) is 0 Å². The van der Waals surface area contributed by atoms with E-state index in [-0.39, 0.29) is 6.61 Å². The first kappa shape index (κ1) is 10.9. The summed E-state index contributed by atoms with van der Waals surface area (Å²) in [4.78, 5) is 3.84. The van der Waals surface area contributed by atoms with Gasteiger partial charge in [-0.3, -0.25) is 0 Å². The first-order chi connectivity index (χ1) is 7.79. The second kappa shape index (κ2) is 4.96. The summed E-state index contributed by atoms with van der Waals surface area (Å²) in [7, 11) is 0. The number of benzene rings is 1. The average Bonchev–Trinajstić information content (AvgIpc) is 2.80. The van der Waals surface area contributed by atoms with Gasteiger partial charge in [-0.25, -0.2) is 0 Å². The van der Waals surface area contributed by atoms with Crippen molar-refractivity contribution in [1.29, 1.82) is 0 Å². The normalized spacial score (nSPS) is 10.4. The van der Waals surface area contributed by atoms with Gasteiger partial charge < -0.3 is 15.0 Å². The van der Waals surface area contributed by atoms with Crippen LogP contribution in [0.3, 0.4) is 0 Å². The lowest BCUT2D eigenvalue weighted by Gasteiger charge is -2.08. The molecule has 0 saturated heterocycles. The fraction of sp³-hybridized carbons (Fsp3) is 0.200. The van der Waals surface area contributed by atoms with E-state index in [2.05, 4.69) is 14.7 Å². The lowest BCUT2D eigenvalue weighted by atomic mass is 10.2. The van der Waals surface area contributed by atoms with Gasteiger partial charge in [-0.2, -0.15) is 4.98 Å². The minimum Gasteiger partial charge on any atom is -0.485 e. The molecule has 0 saturated carbocycles. The van der Waals surface area contributed by atoms with Gasteiger partial charge in [-0.15, -0.1) is 0 Å². The largest absolute Gasteiger partial charge is 0.485 e. The Balaban J connectivity index is 2.09. The van der Waals surface area contributed by atoms with Crippen LogP contribution in [0.1, 0.15) is 11.4 Å². The molecule has 0 aliphatic carbocycles. The Morgan fingerprint density at radius 3 is 3.00 bits per heavy atom. The highest BCUT2D eigenvalue weighted by Crippen LogP contribution is 2.22. The van der Waals surface area contributed by atoms with E-state index in [0.29, 0.717) is 23.1 Å². The third-order valence-corrected chi connectivity index (χ3v) is 2.24. The van der Waals surface area contributed by atoms with Gasteiger partial charge in [0.2, 0.25) is 12.2 Å². The highest BCUT2D eigenvalue weighted by molar-refractivity contribution is 6.30. The summed E-state index contributed by atoms with van der Waals surface area (Å²) in [6, 6.07) is 5.28. The summed E-state index contributed by atoms with van der Waals surface area (Å²) in [5.74, 6) is 1.16. The molecule has 5 nitrogen and oxygen atoms in total. The van der Waals surface area contributed by atoms with Gasteiger partial charge in [0.1, 0.15) is 5.75 Å². The molecular weight excluding hydrogens is 230 g/mol. The predicted molar refractivity (Wildman–Crippen MR) is 58.0 cm³/mol. The molecule has 0 radical (unpaired) electrons. The summed E-state index contributed by atoms with van der Waals surface area (Å²) in [6.45, 7) is 0.604. The smallest absolute Gasteiger partial charge is 0.213 e. The SMILES string of the molecule is NCc1cc(Cl)ccc1OCc1ncon1. The number of nitrogens with two attached hydrogens (primary N) is 1. The Hall–Kier alpha value is -1.59. The van der Waals surface area contributed by atoms with Crippen molar-refractivity contribution in [3.05, 3.63) is 41.0 Å². The zero-order valence-electron chi connectivity index (χ0n) is 8.39. The fourth-order valence-corrected chi connectivity index (χ4v) is 1.44. The predicted octanol–water partition coefficient (Wildman–Crippen LogP) is 1.76. The van der Waals surface area contributed by atoms with E-state index in [1.165, 1.54) is 6.39 Å². The molecule has 2 aromatic rings. The Morgan fingerprint density at radius 2 is 2.31 bits per heavy atom. The summed E-state index contributed by atoms with van der Waals surface area (Å²) in [6.07, 6.45) is 1.25. The Kier molecular flexibility index (Phi) is 3.38. The van der Waals surface area contributed by atoms with Crippen LogP contribution in [0.15, 0.2) is 29.1 Å². The lowest BCUT2D eigenvalue weighted by molar-refractivity contribution is 0.284.